The van der Waals surface area contributed by atoms with Crippen molar-refractivity contribution in [3.05, 3.63) is 53.1 Å². The van der Waals surface area contributed by atoms with Crippen LogP contribution >= 0.6 is 0 Å². The lowest BCUT2D eigenvalue weighted by Gasteiger charge is -2.33. The number of ether oxygens (including phenoxy) is 1. The smallest absolute Gasteiger partial charge is 0.303 e. The zero-order valence-corrected chi connectivity index (χ0v) is 29.3. The molecule has 11 heteroatoms. The summed E-state index contributed by atoms with van der Waals surface area (Å²) in [6.07, 6.45) is 9.66. The number of methoxy groups -OCH3 is 1. The van der Waals surface area contributed by atoms with Gasteiger partial charge >= 0.3 is 10.2 Å². The maximum absolute atomic E-state index is 15.1. The fourth-order valence-electron chi connectivity index (χ4n) is 9.52. The van der Waals surface area contributed by atoms with Gasteiger partial charge in [-0.15, -0.1) is 0 Å². The minimum Gasteiger partial charge on any atom is -0.497 e. The molecule has 0 spiro atoms. The van der Waals surface area contributed by atoms with Gasteiger partial charge in [0.05, 0.1) is 18.2 Å². The first kappa shape index (κ1) is 31.8. The van der Waals surface area contributed by atoms with Crippen LogP contribution in [-0.4, -0.2) is 92.3 Å². The van der Waals surface area contributed by atoms with Crippen molar-refractivity contribution in [1.29, 1.82) is 0 Å². The first-order chi connectivity index (χ1) is 23.0. The van der Waals surface area contributed by atoms with Crippen molar-refractivity contribution in [3.63, 3.8) is 0 Å². The van der Waals surface area contributed by atoms with Crippen LogP contribution in [0.4, 0.5) is 0 Å². The van der Waals surface area contributed by atoms with E-state index < -0.39 is 21.5 Å². The fourth-order valence-corrected chi connectivity index (χ4v) is 10.1. The molecule has 2 amide bonds. The lowest BCUT2D eigenvalue weighted by molar-refractivity contribution is -0.140. The first-order valence-corrected chi connectivity index (χ1v) is 19.1. The Balaban J connectivity index is 1.32. The molecule has 256 valence electrons. The van der Waals surface area contributed by atoms with Gasteiger partial charge in [0.25, 0.3) is 5.91 Å². The SMILES string of the molecule is COc1ccc2c(c1)C1CC1(C(=O)N1C3CCC1CN(C)CC3)Cn1c-2c(C2CCCCC2)c2ccc(C(=O)NS(=O)(=O)N(C)C)cc21. The minimum absolute atomic E-state index is 0.0707. The Hall–Kier alpha value is -3.41. The van der Waals surface area contributed by atoms with Crippen LogP contribution in [0.25, 0.3) is 22.2 Å². The van der Waals surface area contributed by atoms with Crippen LogP contribution in [0.2, 0.25) is 0 Å². The van der Waals surface area contributed by atoms with Gasteiger partial charge in [-0.05, 0) is 99.5 Å². The lowest BCUT2D eigenvalue weighted by atomic mass is 9.81. The molecule has 8 rings (SSSR count). The molecule has 48 heavy (non-hydrogen) atoms. The first-order valence-electron chi connectivity index (χ1n) is 17.6. The highest BCUT2D eigenvalue weighted by molar-refractivity contribution is 7.87. The molecule has 3 aromatic rings. The van der Waals surface area contributed by atoms with Gasteiger partial charge in [-0.3, -0.25) is 9.59 Å². The second-order valence-corrected chi connectivity index (χ2v) is 17.0. The van der Waals surface area contributed by atoms with Crippen LogP contribution in [0.1, 0.15) is 91.1 Å². The summed E-state index contributed by atoms with van der Waals surface area (Å²) in [7, 11) is 2.68. The number of benzene rings is 2. The number of likely N-dealkylation sites (N-methyl/N-ethyl adjacent to an activating group) is 1. The van der Waals surface area contributed by atoms with Crippen molar-refractivity contribution in [1.82, 2.24) is 23.4 Å². The highest BCUT2D eigenvalue weighted by atomic mass is 32.2. The Bertz CT molecular complexity index is 1910. The van der Waals surface area contributed by atoms with E-state index in [2.05, 4.69) is 38.3 Å². The molecular weight excluding hydrogens is 627 g/mol. The monoisotopic (exact) mass is 673 g/mol. The van der Waals surface area contributed by atoms with Crippen molar-refractivity contribution in [3.8, 4) is 17.0 Å². The summed E-state index contributed by atoms with van der Waals surface area (Å²) < 4.78 is 36.5. The number of carbonyl (C=O) groups is 2. The number of rotatable bonds is 6. The summed E-state index contributed by atoms with van der Waals surface area (Å²) in [5.74, 6) is 0.826. The van der Waals surface area contributed by atoms with Gasteiger partial charge in [0.2, 0.25) is 5.91 Å². The molecule has 1 aromatic heterocycles. The number of likely N-dealkylation sites (tertiary alicyclic amines) is 1. The van der Waals surface area contributed by atoms with Crippen LogP contribution in [0, 0.1) is 5.41 Å². The van der Waals surface area contributed by atoms with Gasteiger partial charge in [0.1, 0.15) is 5.75 Å². The molecule has 4 heterocycles. The van der Waals surface area contributed by atoms with Gasteiger partial charge in [-0.2, -0.15) is 12.7 Å². The summed E-state index contributed by atoms with van der Waals surface area (Å²) in [6.45, 7) is 2.44. The van der Waals surface area contributed by atoms with Crippen LogP contribution in [0.5, 0.6) is 5.75 Å². The highest BCUT2D eigenvalue weighted by Gasteiger charge is 2.65. The average molecular weight is 674 g/mol. The quantitative estimate of drug-likeness (QED) is 0.392. The van der Waals surface area contributed by atoms with Gasteiger partial charge in [0, 0.05) is 67.2 Å². The molecule has 2 aliphatic carbocycles. The third-order valence-electron chi connectivity index (χ3n) is 12.1. The molecule has 2 aromatic carbocycles. The number of nitrogens with zero attached hydrogens (tertiary/aromatic N) is 4. The normalized spacial score (nSPS) is 27.2. The third kappa shape index (κ3) is 4.98. The molecule has 5 aliphatic rings. The minimum atomic E-state index is -3.97. The van der Waals surface area contributed by atoms with E-state index in [1.165, 1.54) is 44.5 Å². The largest absolute Gasteiger partial charge is 0.497 e. The maximum atomic E-state index is 15.1. The highest BCUT2D eigenvalue weighted by Crippen LogP contribution is 2.66. The van der Waals surface area contributed by atoms with Crippen molar-refractivity contribution in [2.75, 3.05) is 41.3 Å². The van der Waals surface area contributed by atoms with Crippen LogP contribution < -0.4 is 9.46 Å². The summed E-state index contributed by atoms with van der Waals surface area (Å²) in [5, 5.41) is 1.09. The van der Waals surface area contributed by atoms with E-state index in [4.69, 9.17) is 4.74 Å². The number of carbonyl (C=O) groups excluding carboxylic acids is 2. The molecule has 4 unspecified atom stereocenters. The van der Waals surface area contributed by atoms with Gasteiger partial charge in [0.15, 0.2) is 0 Å². The van der Waals surface area contributed by atoms with Gasteiger partial charge in [-0.1, -0.05) is 25.3 Å². The second kappa shape index (κ2) is 11.6. The van der Waals surface area contributed by atoms with E-state index in [0.717, 1.165) is 83.8 Å². The van der Waals surface area contributed by atoms with E-state index in [1.54, 1.807) is 13.2 Å². The fraction of sp³-hybridized carbons (Fsp3) is 0.568. The molecule has 4 fully saturated rings. The topological polar surface area (TPSA) is 104 Å². The third-order valence-corrected chi connectivity index (χ3v) is 13.5. The van der Waals surface area contributed by atoms with Crippen LogP contribution in [0.3, 0.4) is 0 Å². The number of hydrogen-bond acceptors (Lipinski definition) is 6. The Morgan fingerprint density at radius 3 is 2.50 bits per heavy atom. The van der Waals surface area contributed by atoms with Crippen LogP contribution in [-0.2, 0) is 21.5 Å². The van der Waals surface area contributed by atoms with Gasteiger partial charge < -0.3 is 19.1 Å². The maximum Gasteiger partial charge on any atom is 0.303 e. The molecule has 1 N–H and O–H groups in total. The molecule has 2 saturated carbocycles. The van der Waals surface area contributed by atoms with E-state index in [9.17, 15) is 13.2 Å². The molecule has 10 nitrogen and oxygen atoms in total. The van der Waals surface area contributed by atoms with Crippen molar-refractivity contribution in [2.24, 2.45) is 5.41 Å². The predicted octanol–water partition coefficient (Wildman–Crippen LogP) is 5.08. The van der Waals surface area contributed by atoms with E-state index >= 15 is 4.79 Å². The Morgan fingerprint density at radius 1 is 0.979 bits per heavy atom. The van der Waals surface area contributed by atoms with E-state index in [0.29, 0.717) is 12.5 Å². The Labute approximate surface area is 283 Å². The summed E-state index contributed by atoms with van der Waals surface area (Å²) >= 11 is 0. The molecule has 3 aliphatic heterocycles. The molecule has 0 radical (unpaired) electrons. The summed E-state index contributed by atoms with van der Waals surface area (Å²) in [6, 6.07) is 12.4. The Morgan fingerprint density at radius 2 is 1.75 bits per heavy atom. The van der Waals surface area contributed by atoms with E-state index in [1.807, 2.05) is 18.2 Å². The number of amides is 2. The standard InChI is InChI=1S/C37H47N5O5S/c1-39(2)48(45,46)38-35(43)24-10-14-29-32(18-24)41-22-37(36(44)42-25-11-12-26(42)21-40(3)17-16-25)20-31(37)30-19-27(47-4)13-15-28(30)34(41)33(29)23-8-6-5-7-9-23/h10,13-15,18-19,23,25-26,31H,5-9,11-12,16-17,20-22H2,1-4H3,(H,38,43). The van der Waals surface area contributed by atoms with Crippen molar-refractivity contribution in [2.45, 2.75) is 88.3 Å². The molecular formula is C37H47N5O5S. The zero-order valence-electron chi connectivity index (χ0n) is 28.5. The zero-order chi connectivity index (χ0) is 33.5. The second-order valence-electron chi connectivity index (χ2n) is 15.1. The number of aromatic nitrogens is 1. The number of nitrogens with one attached hydrogen (secondary N) is 1. The summed E-state index contributed by atoms with van der Waals surface area (Å²) in [4.78, 5) is 33.2. The lowest BCUT2D eigenvalue weighted by Crippen LogP contribution is -2.47. The molecule has 2 saturated heterocycles. The number of fused-ring (bicyclic) bond motifs is 9. The predicted molar refractivity (Wildman–Crippen MR) is 185 cm³/mol. The van der Waals surface area contributed by atoms with Crippen molar-refractivity contribution < 1.29 is 22.7 Å². The van der Waals surface area contributed by atoms with Gasteiger partial charge in [-0.25, -0.2) is 4.72 Å². The number of hydrogen-bond donors (Lipinski definition) is 1. The van der Waals surface area contributed by atoms with E-state index in [-0.39, 0.29) is 29.5 Å². The Kier molecular flexibility index (Phi) is 7.69. The van der Waals surface area contributed by atoms with Crippen molar-refractivity contribution >= 4 is 32.9 Å². The molecule has 4 atom stereocenters. The van der Waals surface area contributed by atoms with Crippen LogP contribution in [0.15, 0.2) is 36.4 Å². The average Bonchev–Trinajstić information content (AvgIpc) is 3.63. The summed E-state index contributed by atoms with van der Waals surface area (Å²) in [5.41, 5.74) is 5.33. The molecule has 2 bridgehead atoms.